The summed E-state index contributed by atoms with van der Waals surface area (Å²) in [4.78, 5) is 0. The SMILES string of the molecule is Cl.NC1CCc2cccc(Cl)c2C1. The number of halogens is 2. The average molecular weight is 218 g/mol. The monoisotopic (exact) mass is 217 g/mol. The van der Waals surface area contributed by atoms with Crippen molar-refractivity contribution in [3.8, 4) is 0 Å². The van der Waals surface area contributed by atoms with Gasteiger partial charge in [-0.2, -0.15) is 0 Å². The van der Waals surface area contributed by atoms with Gasteiger partial charge >= 0.3 is 0 Å². The van der Waals surface area contributed by atoms with Crippen molar-refractivity contribution >= 4 is 24.0 Å². The lowest BCUT2D eigenvalue weighted by Gasteiger charge is -2.21. The summed E-state index contributed by atoms with van der Waals surface area (Å²) in [7, 11) is 0. The lowest BCUT2D eigenvalue weighted by atomic mass is 9.89. The quantitative estimate of drug-likeness (QED) is 0.711. The van der Waals surface area contributed by atoms with Crippen molar-refractivity contribution in [2.45, 2.75) is 25.3 Å². The predicted molar refractivity (Wildman–Crippen MR) is 58.7 cm³/mol. The molecule has 1 atom stereocenters. The lowest BCUT2D eigenvalue weighted by molar-refractivity contribution is 0.576. The van der Waals surface area contributed by atoms with Crippen LogP contribution in [-0.4, -0.2) is 6.04 Å². The molecule has 0 amide bonds. The topological polar surface area (TPSA) is 26.0 Å². The smallest absolute Gasteiger partial charge is 0.0441 e. The first-order valence-electron chi connectivity index (χ1n) is 4.29. The molecule has 1 aromatic rings. The highest BCUT2D eigenvalue weighted by molar-refractivity contribution is 6.31. The van der Waals surface area contributed by atoms with E-state index in [9.17, 15) is 0 Å². The maximum absolute atomic E-state index is 6.05. The molecule has 0 saturated heterocycles. The molecule has 2 N–H and O–H groups in total. The molecule has 13 heavy (non-hydrogen) atoms. The van der Waals surface area contributed by atoms with E-state index < -0.39 is 0 Å². The molecule has 0 radical (unpaired) electrons. The Labute approximate surface area is 89.7 Å². The van der Waals surface area contributed by atoms with Crippen molar-refractivity contribution in [1.29, 1.82) is 0 Å². The molecule has 1 aromatic carbocycles. The predicted octanol–water partition coefficient (Wildman–Crippen LogP) is 2.58. The minimum atomic E-state index is 0. The maximum Gasteiger partial charge on any atom is 0.0441 e. The third kappa shape index (κ3) is 2.16. The van der Waals surface area contributed by atoms with E-state index in [-0.39, 0.29) is 12.4 Å². The van der Waals surface area contributed by atoms with Gasteiger partial charge in [-0.25, -0.2) is 0 Å². The second-order valence-electron chi connectivity index (χ2n) is 3.38. The Morgan fingerprint density at radius 1 is 1.38 bits per heavy atom. The van der Waals surface area contributed by atoms with Crippen molar-refractivity contribution in [2.75, 3.05) is 0 Å². The highest BCUT2D eigenvalue weighted by Gasteiger charge is 2.16. The van der Waals surface area contributed by atoms with Crippen LogP contribution in [0.15, 0.2) is 18.2 Å². The zero-order chi connectivity index (χ0) is 8.55. The van der Waals surface area contributed by atoms with Gasteiger partial charge in [0.15, 0.2) is 0 Å². The zero-order valence-electron chi connectivity index (χ0n) is 7.29. The minimum absolute atomic E-state index is 0. The number of hydrogen-bond acceptors (Lipinski definition) is 1. The Morgan fingerprint density at radius 3 is 2.92 bits per heavy atom. The van der Waals surface area contributed by atoms with Crippen LogP contribution in [-0.2, 0) is 12.8 Å². The van der Waals surface area contributed by atoms with Crippen LogP contribution in [0.1, 0.15) is 17.5 Å². The number of nitrogens with two attached hydrogens (primary N) is 1. The van der Waals surface area contributed by atoms with Gasteiger partial charge in [0.25, 0.3) is 0 Å². The molecule has 0 heterocycles. The fraction of sp³-hybridized carbons (Fsp3) is 0.400. The summed E-state index contributed by atoms with van der Waals surface area (Å²) >= 11 is 6.05. The number of hydrogen-bond donors (Lipinski definition) is 1. The van der Waals surface area contributed by atoms with E-state index >= 15 is 0 Å². The van der Waals surface area contributed by atoms with Gasteiger partial charge < -0.3 is 5.73 Å². The van der Waals surface area contributed by atoms with Gasteiger partial charge in [0.1, 0.15) is 0 Å². The van der Waals surface area contributed by atoms with Gasteiger partial charge in [-0.1, -0.05) is 23.7 Å². The number of benzene rings is 1. The van der Waals surface area contributed by atoms with Crippen molar-refractivity contribution < 1.29 is 0 Å². The average Bonchev–Trinajstić information content (AvgIpc) is 2.07. The highest BCUT2D eigenvalue weighted by Crippen LogP contribution is 2.26. The Morgan fingerprint density at radius 2 is 2.15 bits per heavy atom. The zero-order valence-corrected chi connectivity index (χ0v) is 8.87. The van der Waals surface area contributed by atoms with Gasteiger partial charge in [0, 0.05) is 11.1 Å². The Bertz CT molecular complexity index is 299. The van der Waals surface area contributed by atoms with Crippen LogP contribution < -0.4 is 5.73 Å². The highest BCUT2D eigenvalue weighted by atomic mass is 35.5. The molecule has 0 aromatic heterocycles. The summed E-state index contributed by atoms with van der Waals surface area (Å²) in [5.41, 5.74) is 8.50. The second kappa shape index (κ2) is 4.32. The van der Waals surface area contributed by atoms with Gasteiger partial charge in [-0.05, 0) is 36.5 Å². The molecule has 1 aliphatic rings. The van der Waals surface area contributed by atoms with Crippen LogP contribution in [0.3, 0.4) is 0 Å². The molecule has 1 unspecified atom stereocenters. The van der Waals surface area contributed by atoms with Crippen molar-refractivity contribution in [2.24, 2.45) is 5.73 Å². The molecule has 1 nitrogen and oxygen atoms in total. The van der Waals surface area contributed by atoms with Gasteiger partial charge in [0.2, 0.25) is 0 Å². The van der Waals surface area contributed by atoms with Crippen LogP contribution >= 0.6 is 24.0 Å². The van der Waals surface area contributed by atoms with Crippen molar-refractivity contribution in [3.63, 3.8) is 0 Å². The fourth-order valence-corrected chi connectivity index (χ4v) is 2.04. The first-order valence-corrected chi connectivity index (χ1v) is 4.67. The molecular formula is C10H13Cl2N. The minimum Gasteiger partial charge on any atom is -0.327 e. The van der Waals surface area contributed by atoms with Gasteiger partial charge in [-0.3, -0.25) is 0 Å². The van der Waals surface area contributed by atoms with Gasteiger partial charge in [-0.15, -0.1) is 12.4 Å². The lowest BCUT2D eigenvalue weighted by Crippen LogP contribution is -2.27. The first-order chi connectivity index (χ1) is 5.77. The summed E-state index contributed by atoms with van der Waals surface area (Å²) in [6.45, 7) is 0. The van der Waals surface area contributed by atoms with E-state index in [2.05, 4.69) is 6.07 Å². The molecule has 0 bridgehead atoms. The number of fused-ring (bicyclic) bond motifs is 1. The van der Waals surface area contributed by atoms with Crippen molar-refractivity contribution in [1.82, 2.24) is 0 Å². The summed E-state index contributed by atoms with van der Waals surface area (Å²) in [6, 6.07) is 6.40. The Hall–Kier alpha value is -0.240. The molecule has 0 saturated carbocycles. The third-order valence-corrected chi connectivity index (χ3v) is 2.82. The molecule has 0 fully saturated rings. The summed E-state index contributed by atoms with van der Waals surface area (Å²) in [5, 5.41) is 0.877. The van der Waals surface area contributed by atoms with E-state index in [0.717, 1.165) is 24.3 Å². The molecule has 0 spiro atoms. The van der Waals surface area contributed by atoms with Crippen LogP contribution in [0.5, 0.6) is 0 Å². The number of rotatable bonds is 0. The Kier molecular flexibility index (Phi) is 3.60. The molecule has 0 aliphatic heterocycles. The van der Waals surface area contributed by atoms with Crippen LogP contribution in [0, 0.1) is 0 Å². The number of aryl methyl sites for hydroxylation is 1. The van der Waals surface area contributed by atoms with Crippen molar-refractivity contribution in [3.05, 3.63) is 34.3 Å². The largest absolute Gasteiger partial charge is 0.327 e. The third-order valence-electron chi connectivity index (χ3n) is 2.47. The summed E-state index contributed by atoms with van der Waals surface area (Å²) in [5.74, 6) is 0. The summed E-state index contributed by atoms with van der Waals surface area (Å²) < 4.78 is 0. The maximum atomic E-state index is 6.05. The Balaban J connectivity index is 0.000000845. The second-order valence-corrected chi connectivity index (χ2v) is 3.79. The van der Waals surface area contributed by atoms with Crippen LogP contribution in [0.25, 0.3) is 0 Å². The summed E-state index contributed by atoms with van der Waals surface area (Å²) in [6.07, 6.45) is 3.11. The molecule has 3 heteroatoms. The van der Waals surface area contributed by atoms with Gasteiger partial charge in [0.05, 0.1) is 0 Å². The van der Waals surface area contributed by atoms with Crippen LogP contribution in [0.4, 0.5) is 0 Å². The van der Waals surface area contributed by atoms with E-state index in [4.69, 9.17) is 17.3 Å². The fourth-order valence-electron chi connectivity index (χ4n) is 1.77. The normalized spacial score (nSPS) is 20.3. The molecule has 2 rings (SSSR count). The standard InChI is InChI=1S/C10H12ClN.ClH/c11-10-3-1-2-7-4-5-8(12)6-9(7)10;/h1-3,8H,4-6,12H2;1H. The molecule has 72 valence electrons. The van der Waals surface area contributed by atoms with E-state index in [0.29, 0.717) is 6.04 Å². The van der Waals surface area contributed by atoms with Crippen LogP contribution in [0.2, 0.25) is 5.02 Å². The molecule has 1 aliphatic carbocycles. The van der Waals surface area contributed by atoms with E-state index in [1.807, 2.05) is 12.1 Å². The van der Waals surface area contributed by atoms with E-state index in [1.54, 1.807) is 0 Å². The molecular weight excluding hydrogens is 205 g/mol. The van der Waals surface area contributed by atoms with E-state index in [1.165, 1.54) is 11.1 Å². The first kappa shape index (κ1) is 10.8.